The van der Waals surface area contributed by atoms with Gasteiger partial charge < -0.3 is 10.5 Å². The number of hydrogen-bond donors (Lipinski definition) is 1. The molecule has 0 aromatic carbocycles. The van der Waals surface area contributed by atoms with Crippen LogP contribution in [0.2, 0.25) is 0 Å². The van der Waals surface area contributed by atoms with Crippen LogP contribution in [0, 0.1) is 0 Å². The van der Waals surface area contributed by atoms with Crippen molar-refractivity contribution in [2.45, 2.75) is 51.7 Å². The van der Waals surface area contributed by atoms with Crippen molar-refractivity contribution in [1.29, 1.82) is 0 Å². The molecule has 17 heavy (non-hydrogen) atoms. The summed E-state index contributed by atoms with van der Waals surface area (Å²) in [4.78, 5) is 8.73. The lowest BCUT2D eigenvalue weighted by molar-refractivity contribution is 0.0875. The molecule has 0 radical (unpaired) electrons. The van der Waals surface area contributed by atoms with Crippen molar-refractivity contribution in [3.63, 3.8) is 0 Å². The van der Waals surface area contributed by atoms with Gasteiger partial charge >= 0.3 is 0 Å². The smallest absolute Gasteiger partial charge is 0.157 e. The van der Waals surface area contributed by atoms with Crippen molar-refractivity contribution in [3.05, 3.63) is 23.8 Å². The van der Waals surface area contributed by atoms with Crippen LogP contribution in [-0.4, -0.2) is 23.1 Å². The van der Waals surface area contributed by atoms with Crippen LogP contribution in [0.25, 0.3) is 0 Å². The van der Waals surface area contributed by atoms with Gasteiger partial charge in [0.15, 0.2) is 5.82 Å². The Kier molecular flexibility index (Phi) is 6.08. The average molecular weight is 237 g/mol. The fourth-order valence-electron chi connectivity index (χ4n) is 1.70. The summed E-state index contributed by atoms with van der Waals surface area (Å²) in [6, 6.07) is 0.193. The van der Waals surface area contributed by atoms with Crippen molar-refractivity contribution in [2.24, 2.45) is 5.73 Å². The maximum atomic E-state index is 5.90. The van der Waals surface area contributed by atoms with E-state index in [2.05, 4.69) is 23.8 Å². The largest absolute Gasteiger partial charge is 0.373 e. The Morgan fingerprint density at radius 1 is 1.29 bits per heavy atom. The van der Waals surface area contributed by atoms with Crippen LogP contribution in [0.1, 0.15) is 50.6 Å². The first-order valence-electron chi connectivity index (χ1n) is 6.30. The molecule has 96 valence electrons. The van der Waals surface area contributed by atoms with Gasteiger partial charge in [0.2, 0.25) is 0 Å². The zero-order valence-corrected chi connectivity index (χ0v) is 11.0. The van der Waals surface area contributed by atoms with Crippen molar-refractivity contribution in [1.82, 2.24) is 9.97 Å². The normalized spacial score (nSPS) is 14.6. The molecule has 0 saturated heterocycles. The van der Waals surface area contributed by atoms with E-state index in [-0.39, 0.29) is 12.1 Å². The quantitative estimate of drug-likeness (QED) is 0.790. The first kappa shape index (κ1) is 14.1. The average Bonchev–Trinajstić information content (AvgIpc) is 2.37. The standard InChI is InChI=1S/C13H23N3O/c1-4-6-12(17-3)13-15-8-10(9-16-13)7-11(14)5-2/h8-9,11-12H,4-7,14H2,1-3H3. The zero-order valence-electron chi connectivity index (χ0n) is 11.0. The first-order chi connectivity index (χ1) is 8.21. The molecule has 0 spiro atoms. The number of nitrogens with zero attached hydrogens (tertiary/aromatic N) is 2. The van der Waals surface area contributed by atoms with Crippen molar-refractivity contribution >= 4 is 0 Å². The molecule has 0 aliphatic carbocycles. The second kappa shape index (κ2) is 7.35. The fraction of sp³-hybridized carbons (Fsp3) is 0.692. The molecule has 1 heterocycles. The SMILES string of the molecule is CCCC(OC)c1ncc(CC(N)CC)cn1. The van der Waals surface area contributed by atoms with Crippen molar-refractivity contribution < 1.29 is 4.74 Å². The number of aromatic nitrogens is 2. The summed E-state index contributed by atoms with van der Waals surface area (Å²) in [5.41, 5.74) is 6.99. The molecule has 1 aromatic rings. The molecule has 2 N–H and O–H groups in total. The second-order valence-electron chi connectivity index (χ2n) is 4.33. The lowest BCUT2D eigenvalue weighted by Crippen LogP contribution is -2.21. The summed E-state index contributed by atoms with van der Waals surface area (Å²) in [6.45, 7) is 4.21. The Balaban J connectivity index is 2.66. The molecule has 1 rings (SSSR count). The van der Waals surface area contributed by atoms with E-state index >= 15 is 0 Å². The molecule has 0 bridgehead atoms. The Bertz CT molecular complexity index is 313. The van der Waals surface area contributed by atoms with Gasteiger partial charge in [-0.05, 0) is 24.8 Å². The van der Waals surface area contributed by atoms with Crippen molar-refractivity contribution in [3.8, 4) is 0 Å². The van der Waals surface area contributed by atoms with Crippen LogP contribution in [0.15, 0.2) is 12.4 Å². The van der Waals surface area contributed by atoms with Gasteiger partial charge in [0.05, 0.1) is 0 Å². The summed E-state index contributed by atoms with van der Waals surface area (Å²) in [5, 5.41) is 0. The highest BCUT2D eigenvalue weighted by Gasteiger charge is 2.12. The predicted octanol–water partition coefficient (Wildman–Crippen LogP) is 2.24. The predicted molar refractivity (Wildman–Crippen MR) is 68.7 cm³/mol. The maximum Gasteiger partial charge on any atom is 0.157 e. The van der Waals surface area contributed by atoms with E-state index in [1.54, 1.807) is 7.11 Å². The highest BCUT2D eigenvalue weighted by atomic mass is 16.5. The van der Waals surface area contributed by atoms with Crippen LogP contribution >= 0.6 is 0 Å². The van der Waals surface area contributed by atoms with Gasteiger partial charge in [-0.25, -0.2) is 9.97 Å². The molecule has 0 aliphatic rings. The van der Waals surface area contributed by atoms with Gasteiger partial charge in [0.25, 0.3) is 0 Å². The van der Waals surface area contributed by atoms with E-state index in [0.29, 0.717) is 0 Å². The van der Waals surface area contributed by atoms with E-state index in [4.69, 9.17) is 10.5 Å². The van der Waals surface area contributed by atoms with Crippen LogP contribution in [-0.2, 0) is 11.2 Å². The van der Waals surface area contributed by atoms with Gasteiger partial charge in [-0.2, -0.15) is 0 Å². The molecule has 1 aromatic heterocycles. The van der Waals surface area contributed by atoms with Crippen LogP contribution in [0.3, 0.4) is 0 Å². The summed E-state index contributed by atoms with van der Waals surface area (Å²) < 4.78 is 5.37. The first-order valence-corrected chi connectivity index (χ1v) is 6.30. The van der Waals surface area contributed by atoms with Gasteiger partial charge in [-0.15, -0.1) is 0 Å². The second-order valence-corrected chi connectivity index (χ2v) is 4.33. The molecule has 4 heteroatoms. The lowest BCUT2D eigenvalue weighted by Gasteiger charge is -2.13. The van der Waals surface area contributed by atoms with Crippen LogP contribution in [0.5, 0.6) is 0 Å². The van der Waals surface area contributed by atoms with E-state index in [1.807, 2.05) is 12.4 Å². The fourth-order valence-corrected chi connectivity index (χ4v) is 1.70. The molecule has 0 aliphatic heterocycles. The number of hydrogen-bond acceptors (Lipinski definition) is 4. The Labute approximate surface area is 104 Å². The summed E-state index contributed by atoms with van der Waals surface area (Å²) in [6.07, 6.45) is 7.54. The monoisotopic (exact) mass is 237 g/mol. The molecular weight excluding hydrogens is 214 g/mol. The van der Waals surface area contributed by atoms with Gasteiger partial charge in [0, 0.05) is 25.5 Å². The minimum absolute atomic E-state index is 0.00824. The van der Waals surface area contributed by atoms with E-state index < -0.39 is 0 Å². The highest BCUT2D eigenvalue weighted by molar-refractivity contribution is 5.08. The summed E-state index contributed by atoms with van der Waals surface area (Å²) in [5.74, 6) is 0.767. The molecule has 0 amide bonds. The third-order valence-corrected chi connectivity index (χ3v) is 2.87. The minimum atomic E-state index is 0.00824. The molecule has 4 nitrogen and oxygen atoms in total. The molecular formula is C13H23N3O. The summed E-state index contributed by atoms with van der Waals surface area (Å²) in [7, 11) is 1.70. The van der Waals surface area contributed by atoms with E-state index in [9.17, 15) is 0 Å². The number of ether oxygens (including phenoxy) is 1. The van der Waals surface area contributed by atoms with Gasteiger partial charge in [0.1, 0.15) is 6.10 Å². The van der Waals surface area contributed by atoms with Crippen molar-refractivity contribution in [2.75, 3.05) is 7.11 Å². The zero-order chi connectivity index (χ0) is 12.7. The summed E-state index contributed by atoms with van der Waals surface area (Å²) >= 11 is 0. The van der Waals surface area contributed by atoms with E-state index in [0.717, 1.165) is 37.1 Å². The van der Waals surface area contributed by atoms with E-state index in [1.165, 1.54) is 0 Å². The van der Waals surface area contributed by atoms with Crippen LogP contribution in [0.4, 0.5) is 0 Å². The molecule has 0 saturated carbocycles. The van der Waals surface area contributed by atoms with Gasteiger partial charge in [-0.1, -0.05) is 20.3 Å². The molecule has 0 fully saturated rings. The number of rotatable bonds is 7. The number of nitrogens with two attached hydrogens (primary N) is 1. The highest BCUT2D eigenvalue weighted by Crippen LogP contribution is 2.17. The third kappa shape index (κ3) is 4.40. The minimum Gasteiger partial charge on any atom is -0.373 e. The van der Waals surface area contributed by atoms with Crippen LogP contribution < -0.4 is 5.73 Å². The molecule has 2 unspecified atom stereocenters. The topological polar surface area (TPSA) is 61.0 Å². The van der Waals surface area contributed by atoms with Gasteiger partial charge in [-0.3, -0.25) is 0 Å². The Morgan fingerprint density at radius 3 is 2.41 bits per heavy atom. The third-order valence-electron chi connectivity index (χ3n) is 2.87. The molecule has 2 atom stereocenters. The Morgan fingerprint density at radius 2 is 1.94 bits per heavy atom. The Hall–Kier alpha value is -1.00. The lowest BCUT2D eigenvalue weighted by atomic mass is 10.1. The number of methoxy groups -OCH3 is 1. The maximum absolute atomic E-state index is 5.90.